The zero-order valence-electron chi connectivity index (χ0n) is 18.5. The van der Waals surface area contributed by atoms with Gasteiger partial charge in [-0.1, -0.05) is 24.3 Å². The Morgan fingerprint density at radius 2 is 1.75 bits per heavy atom. The summed E-state index contributed by atoms with van der Waals surface area (Å²) in [7, 11) is 1.58. The third-order valence-corrected chi connectivity index (χ3v) is 6.33. The van der Waals surface area contributed by atoms with Crippen LogP contribution in [0.3, 0.4) is 0 Å². The number of carbonyl (C=O) groups excluding carboxylic acids is 3. The minimum absolute atomic E-state index is 0.0102. The van der Waals surface area contributed by atoms with Crippen molar-refractivity contribution in [3.8, 4) is 5.75 Å². The van der Waals surface area contributed by atoms with Crippen LogP contribution in [0.2, 0.25) is 0 Å². The Balaban J connectivity index is 1.32. The summed E-state index contributed by atoms with van der Waals surface area (Å²) < 4.78 is 5.34. The summed E-state index contributed by atoms with van der Waals surface area (Å²) in [5, 5.41) is 2.98. The fraction of sp³-hybridized carbons (Fsp3) is 0.400. The van der Waals surface area contributed by atoms with Crippen molar-refractivity contribution < 1.29 is 19.1 Å². The second kappa shape index (κ2) is 9.42. The number of hydrogen-bond donors (Lipinski definition) is 1. The highest BCUT2D eigenvalue weighted by Gasteiger charge is 2.38. The molecule has 1 unspecified atom stereocenters. The van der Waals surface area contributed by atoms with Gasteiger partial charge in [-0.05, 0) is 49.6 Å². The van der Waals surface area contributed by atoms with E-state index in [4.69, 9.17) is 4.74 Å². The van der Waals surface area contributed by atoms with Gasteiger partial charge in [-0.25, -0.2) is 0 Å². The van der Waals surface area contributed by atoms with Crippen molar-refractivity contribution in [3.05, 3.63) is 54.1 Å². The Morgan fingerprint density at radius 3 is 2.44 bits per heavy atom. The molecular weight excluding hydrogens is 406 g/mol. The van der Waals surface area contributed by atoms with Gasteiger partial charge in [0.25, 0.3) is 0 Å². The molecule has 3 amide bonds. The smallest absolute Gasteiger partial charge is 0.228 e. The summed E-state index contributed by atoms with van der Waals surface area (Å²) in [6.45, 7) is 3.43. The van der Waals surface area contributed by atoms with Crippen LogP contribution in [-0.4, -0.2) is 49.4 Å². The number of carbonyl (C=O) groups is 3. The number of nitrogens with zero attached hydrogens (tertiary/aromatic N) is 2. The van der Waals surface area contributed by atoms with Gasteiger partial charge in [-0.15, -0.1) is 0 Å². The monoisotopic (exact) mass is 435 g/mol. The van der Waals surface area contributed by atoms with Crippen molar-refractivity contribution >= 4 is 29.1 Å². The summed E-state index contributed by atoms with van der Waals surface area (Å²) >= 11 is 0. The number of para-hydroxylation sites is 1. The molecule has 1 N–H and O–H groups in total. The van der Waals surface area contributed by atoms with Crippen molar-refractivity contribution in [1.82, 2.24) is 4.90 Å². The van der Waals surface area contributed by atoms with E-state index in [9.17, 15) is 14.4 Å². The minimum Gasteiger partial charge on any atom is -0.495 e. The van der Waals surface area contributed by atoms with Crippen LogP contribution < -0.4 is 15.0 Å². The summed E-state index contributed by atoms with van der Waals surface area (Å²) in [5.74, 6) is 0.0876. The average molecular weight is 436 g/mol. The van der Waals surface area contributed by atoms with Gasteiger partial charge in [0.2, 0.25) is 17.7 Å². The predicted octanol–water partition coefficient (Wildman–Crippen LogP) is 3.23. The fourth-order valence-electron chi connectivity index (χ4n) is 4.51. The number of benzene rings is 2. The van der Waals surface area contributed by atoms with E-state index in [0.717, 1.165) is 11.3 Å². The lowest BCUT2D eigenvalue weighted by atomic mass is 9.94. The van der Waals surface area contributed by atoms with E-state index < -0.39 is 0 Å². The topological polar surface area (TPSA) is 79.0 Å². The second-order valence-corrected chi connectivity index (χ2v) is 8.53. The first kappa shape index (κ1) is 21.9. The molecule has 7 heteroatoms. The number of ether oxygens (including phenoxy) is 1. The Morgan fingerprint density at radius 1 is 1.03 bits per heavy atom. The Hall–Kier alpha value is -3.35. The van der Waals surface area contributed by atoms with Gasteiger partial charge >= 0.3 is 0 Å². The number of anilines is 2. The molecule has 2 aromatic carbocycles. The van der Waals surface area contributed by atoms with Crippen LogP contribution in [0.15, 0.2) is 48.5 Å². The van der Waals surface area contributed by atoms with E-state index in [2.05, 4.69) is 5.32 Å². The number of rotatable bonds is 5. The first-order chi connectivity index (χ1) is 15.5. The van der Waals surface area contributed by atoms with Crippen molar-refractivity contribution in [2.75, 3.05) is 37.0 Å². The molecule has 0 bridgehead atoms. The van der Waals surface area contributed by atoms with Crippen LogP contribution in [-0.2, 0) is 14.4 Å². The molecule has 0 radical (unpaired) electrons. The standard InChI is InChI=1S/C25H29N3O4/c1-17-8-9-22(32-2)21(14-17)26-24(30)18-10-12-27(13-11-18)25(31)19-15-23(29)28(16-19)20-6-4-3-5-7-20/h3-9,14,18-19H,10-13,15-16H2,1-2H3,(H,26,30). The summed E-state index contributed by atoms with van der Waals surface area (Å²) in [5.41, 5.74) is 2.54. The molecule has 7 nitrogen and oxygen atoms in total. The number of piperidine rings is 1. The molecular formula is C25H29N3O4. The van der Waals surface area contributed by atoms with E-state index in [1.54, 1.807) is 12.0 Å². The highest BCUT2D eigenvalue weighted by molar-refractivity contribution is 6.00. The molecule has 0 saturated carbocycles. The van der Waals surface area contributed by atoms with Crippen LogP contribution in [0.5, 0.6) is 5.75 Å². The predicted molar refractivity (Wildman–Crippen MR) is 123 cm³/mol. The van der Waals surface area contributed by atoms with Gasteiger partial charge in [-0.3, -0.25) is 14.4 Å². The van der Waals surface area contributed by atoms with Crippen molar-refractivity contribution in [3.63, 3.8) is 0 Å². The highest BCUT2D eigenvalue weighted by atomic mass is 16.5. The van der Waals surface area contributed by atoms with Gasteiger partial charge in [0.05, 0.1) is 18.7 Å². The van der Waals surface area contributed by atoms with Gasteiger partial charge in [-0.2, -0.15) is 0 Å². The SMILES string of the molecule is COc1ccc(C)cc1NC(=O)C1CCN(C(=O)C2CC(=O)N(c3ccccc3)C2)CC1. The average Bonchev–Trinajstić information content (AvgIpc) is 3.21. The first-order valence-electron chi connectivity index (χ1n) is 11.1. The fourth-order valence-corrected chi connectivity index (χ4v) is 4.51. The zero-order chi connectivity index (χ0) is 22.7. The van der Waals surface area contributed by atoms with Crippen molar-refractivity contribution in [2.45, 2.75) is 26.2 Å². The minimum atomic E-state index is -0.329. The lowest BCUT2D eigenvalue weighted by Crippen LogP contribution is -2.44. The Kier molecular flexibility index (Phi) is 6.44. The molecule has 4 rings (SSSR count). The van der Waals surface area contributed by atoms with Gasteiger partial charge in [0.15, 0.2) is 0 Å². The number of amides is 3. The third-order valence-electron chi connectivity index (χ3n) is 6.33. The summed E-state index contributed by atoms with van der Waals surface area (Å²) in [4.78, 5) is 41.8. The molecule has 0 spiro atoms. The van der Waals surface area contributed by atoms with E-state index in [-0.39, 0.29) is 36.0 Å². The maximum absolute atomic E-state index is 13.0. The normalized spacial score (nSPS) is 19.2. The molecule has 2 aliphatic heterocycles. The van der Waals surface area contributed by atoms with Crippen LogP contribution in [0.4, 0.5) is 11.4 Å². The van der Waals surface area contributed by atoms with Crippen LogP contribution in [0.25, 0.3) is 0 Å². The maximum atomic E-state index is 13.0. The second-order valence-electron chi connectivity index (χ2n) is 8.53. The van der Waals surface area contributed by atoms with E-state index in [0.29, 0.717) is 43.9 Å². The number of methoxy groups -OCH3 is 1. The number of nitrogens with one attached hydrogen (secondary N) is 1. The Bertz CT molecular complexity index is 1000. The number of hydrogen-bond acceptors (Lipinski definition) is 4. The first-order valence-corrected chi connectivity index (χ1v) is 11.1. The van der Waals surface area contributed by atoms with E-state index >= 15 is 0 Å². The lowest BCUT2D eigenvalue weighted by Gasteiger charge is -2.33. The van der Waals surface area contributed by atoms with E-state index in [1.807, 2.05) is 60.4 Å². The maximum Gasteiger partial charge on any atom is 0.228 e. The van der Waals surface area contributed by atoms with Gasteiger partial charge < -0.3 is 19.9 Å². The van der Waals surface area contributed by atoms with Crippen LogP contribution in [0, 0.1) is 18.8 Å². The third kappa shape index (κ3) is 4.61. The molecule has 2 fully saturated rings. The van der Waals surface area contributed by atoms with Crippen LogP contribution in [0.1, 0.15) is 24.8 Å². The van der Waals surface area contributed by atoms with Gasteiger partial charge in [0, 0.05) is 37.7 Å². The lowest BCUT2D eigenvalue weighted by molar-refractivity contribution is -0.138. The van der Waals surface area contributed by atoms with Crippen LogP contribution >= 0.6 is 0 Å². The number of likely N-dealkylation sites (tertiary alicyclic amines) is 1. The molecule has 2 saturated heterocycles. The van der Waals surface area contributed by atoms with E-state index in [1.165, 1.54) is 0 Å². The largest absolute Gasteiger partial charge is 0.495 e. The molecule has 2 aliphatic rings. The zero-order valence-corrected chi connectivity index (χ0v) is 18.5. The number of aryl methyl sites for hydroxylation is 1. The quantitative estimate of drug-likeness (QED) is 0.782. The highest BCUT2D eigenvalue weighted by Crippen LogP contribution is 2.29. The molecule has 168 valence electrons. The molecule has 1 atom stereocenters. The molecule has 2 aromatic rings. The Labute approximate surface area is 188 Å². The molecule has 0 aliphatic carbocycles. The van der Waals surface area contributed by atoms with Crippen molar-refractivity contribution in [2.24, 2.45) is 11.8 Å². The molecule has 32 heavy (non-hydrogen) atoms. The molecule has 2 heterocycles. The summed E-state index contributed by atoms with van der Waals surface area (Å²) in [6.07, 6.45) is 1.45. The molecule has 0 aromatic heterocycles. The van der Waals surface area contributed by atoms with Crippen molar-refractivity contribution in [1.29, 1.82) is 0 Å². The van der Waals surface area contributed by atoms with Gasteiger partial charge in [0.1, 0.15) is 5.75 Å². The summed E-state index contributed by atoms with van der Waals surface area (Å²) in [6, 6.07) is 15.1.